The van der Waals surface area contributed by atoms with Crippen LogP contribution in [0.2, 0.25) is 0 Å². The van der Waals surface area contributed by atoms with Gasteiger partial charge < -0.3 is 10.1 Å². The summed E-state index contributed by atoms with van der Waals surface area (Å²) in [5.41, 5.74) is 0.671. The van der Waals surface area contributed by atoms with Gasteiger partial charge in [0, 0.05) is 16.5 Å². The van der Waals surface area contributed by atoms with Gasteiger partial charge in [-0.1, -0.05) is 22.6 Å². The maximum Gasteiger partial charge on any atom is 0.251 e. The van der Waals surface area contributed by atoms with Crippen LogP contribution >= 0.6 is 22.6 Å². The van der Waals surface area contributed by atoms with Gasteiger partial charge in [-0.2, -0.15) is 0 Å². The van der Waals surface area contributed by atoms with Crippen molar-refractivity contribution in [1.29, 1.82) is 0 Å². The average Bonchev–Trinajstić information content (AvgIpc) is 2.29. The van der Waals surface area contributed by atoms with Crippen molar-refractivity contribution >= 4 is 28.5 Å². The zero-order chi connectivity index (χ0) is 11.1. The number of rotatable bonds is 5. The highest BCUT2D eigenvalue weighted by atomic mass is 127. The van der Waals surface area contributed by atoms with Crippen molar-refractivity contribution in [2.24, 2.45) is 0 Å². The van der Waals surface area contributed by atoms with Crippen molar-refractivity contribution in [2.75, 3.05) is 18.1 Å². The molecule has 4 heteroatoms. The smallest absolute Gasteiger partial charge is 0.251 e. The fraction of sp³-hybridized carbons (Fsp3) is 0.364. The van der Waals surface area contributed by atoms with Crippen LogP contribution in [-0.4, -0.2) is 24.0 Å². The van der Waals surface area contributed by atoms with Gasteiger partial charge >= 0.3 is 0 Å². The third kappa shape index (κ3) is 4.07. The molecule has 0 atom stereocenters. The Kier molecular flexibility index (Phi) is 5.45. The van der Waals surface area contributed by atoms with Crippen molar-refractivity contribution in [3.63, 3.8) is 0 Å². The van der Waals surface area contributed by atoms with Crippen LogP contribution in [-0.2, 0) is 0 Å². The van der Waals surface area contributed by atoms with Gasteiger partial charge in [-0.05, 0) is 30.7 Å². The standard InChI is InChI=1S/C11H14INO2/c1-15-10-5-3-9(4-6-10)11(14)13-8-2-7-12/h3-6H,2,7-8H2,1H3,(H,13,14). The molecule has 0 spiro atoms. The minimum atomic E-state index is -0.0255. The molecule has 15 heavy (non-hydrogen) atoms. The summed E-state index contributed by atoms with van der Waals surface area (Å²) in [7, 11) is 1.61. The quantitative estimate of drug-likeness (QED) is 0.514. The number of hydrogen-bond acceptors (Lipinski definition) is 2. The summed E-state index contributed by atoms with van der Waals surface area (Å²) in [6.45, 7) is 0.730. The first kappa shape index (κ1) is 12.3. The molecule has 0 aromatic heterocycles. The predicted molar refractivity (Wildman–Crippen MR) is 68.8 cm³/mol. The number of halogens is 1. The number of carbonyl (C=O) groups excluding carboxylic acids is 1. The number of methoxy groups -OCH3 is 1. The lowest BCUT2D eigenvalue weighted by atomic mass is 10.2. The van der Waals surface area contributed by atoms with Gasteiger partial charge in [-0.15, -0.1) is 0 Å². The molecule has 0 unspecified atom stereocenters. The first-order valence-corrected chi connectivity index (χ1v) is 6.28. The Balaban J connectivity index is 2.50. The largest absolute Gasteiger partial charge is 0.497 e. The molecule has 3 nitrogen and oxygen atoms in total. The van der Waals surface area contributed by atoms with Gasteiger partial charge in [0.1, 0.15) is 5.75 Å². The molecule has 82 valence electrons. The van der Waals surface area contributed by atoms with E-state index in [9.17, 15) is 4.79 Å². The minimum absolute atomic E-state index is 0.0255. The van der Waals surface area contributed by atoms with Gasteiger partial charge in [0.2, 0.25) is 0 Å². The fourth-order valence-corrected chi connectivity index (χ4v) is 1.49. The second kappa shape index (κ2) is 6.66. The third-order valence-corrected chi connectivity index (χ3v) is 2.71. The highest BCUT2D eigenvalue weighted by Crippen LogP contribution is 2.10. The molecule has 1 aromatic rings. The molecule has 1 aromatic carbocycles. The number of carbonyl (C=O) groups is 1. The Morgan fingerprint density at radius 2 is 2.07 bits per heavy atom. The Labute approximate surface area is 103 Å². The molecule has 0 saturated heterocycles. The molecule has 0 aliphatic heterocycles. The predicted octanol–water partition coefficient (Wildman–Crippen LogP) is 2.25. The van der Waals surface area contributed by atoms with E-state index in [0.717, 1.165) is 23.1 Å². The normalized spacial score (nSPS) is 9.73. The van der Waals surface area contributed by atoms with Crippen LogP contribution in [0.3, 0.4) is 0 Å². The summed E-state index contributed by atoms with van der Waals surface area (Å²) in [5.74, 6) is 0.737. The van der Waals surface area contributed by atoms with Crippen LogP contribution in [0.25, 0.3) is 0 Å². The maximum atomic E-state index is 11.6. The van der Waals surface area contributed by atoms with Crippen molar-refractivity contribution in [2.45, 2.75) is 6.42 Å². The van der Waals surface area contributed by atoms with Crippen LogP contribution < -0.4 is 10.1 Å². The van der Waals surface area contributed by atoms with E-state index in [1.165, 1.54) is 0 Å². The van der Waals surface area contributed by atoms with Crippen LogP contribution in [0.1, 0.15) is 16.8 Å². The third-order valence-electron chi connectivity index (χ3n) is 1.95. The summed E-state index contributed by atoms with van der Waals surface area (Å²) in [5, 5.41) is 2.85. The summed E-state index contributed by atoms with van der Waals surface area (Å²) in [6, 6.07) is 7.09. The maximum absolute atomic E-state index is 11.6. The zero-order valence-corrected chi connectivity index (χ0v) is 10.8. The fourth-order valence-electron chi connectivity index (χ4n) is 1.11. The molecule has 1 rings (SSSR count). The van der Waals surface area contributed by atoms with Crippen LogP contribution in [0.5, 0.6) is 5.75 Å². The summed E-state index contributed by atoms with van der Waals surface area (Å²) in [6.07, 6.45) is 1.00. The van der Waals surface area contributed by atoms with E-state index in [1.807, 2.05) is 0 Å². The topological polar surface area (TPSA) is 38.3 Å². The minimum Gasteiger partial charge on any atom is -0.497 e. The highest BCUT2D eigenvalue weighted by Gasteiger charge is 2.03. The van der Waals surface area contributed by atoms with Gasteiger partial charge in [-0.25, -0.2) is 0 Å². The Hall–Kier alpha value is -0.780. The van der Waals surface area contributed by atoms with E-state index >= 15 is 0 Å². The lowest BCUT2D eigenvalue weighted by Crippen LogP contribution is -2.24. The molecule has 0 saturated carbocycles. The summed E-state index contributed by atoms with van der Waals surface area (Å²) in [4.78, 5) is 11.6. The van der Waals surface area contributed by atoms with Crippen molar-refractivity contribution in [1.82, 2.24) is 5.32 Å². The summed E-state index contributed by atoms with van der Waals surface area (Å²) >= 11 is 2.29. The van der Waals surface area contributed by atoms with E-state index in [-0.39, 0.29) is 5.91 Å². The second-order valence-corrected chi connectivity index (χ2v) is 4.11. The molecular formula is C11H14INO2. The first-order valence-electron chi connectivity index (χ1n) is 4.76. The molecule has 1 N–H and O–H groups in total. The van der Waals surface area contributed by atoms with E-state index in [2.05, 4.69) is 27.9 Å². The molecule has 0 heterocycles. The molecule has 0 aliphatic carbocycles. The lowest BCUT2D eigenvalue weighted by molar-refractivity contribution is 0.0954. The SMILES string of the molecule is COc1ccc(C(=O)NCCCI)cc1. The molecule has 1 amide bonds. The Morgan fingerprint density at radius 1 is 1.40 bits per heavy atom. The van der Waals surface area contributed by atoms with Gasteiger partial charge in [-0.3, -0.25) is 4.79 Å². The van der Waals surface area contributed by atoms with Crippen molar-refractivity contribution in [3.05, 3.63) is 29.8 Å². The Bertz CT molecular complexity index is 311. The van der Waals surface area contributed by atoms with E-state index in [0.29, 0.717) is 5.56 Å². The van der Waals surface area contributed by atoms with Gasteiger partial charge in [0.05, 0.1) is 7.11 Å². The van der Waals surface area contributed by atoms with Gasteiger partial charge in [0.15, 0.2) is 0 Å². The number of nitrogens with one attached hydrogen (secondary N) is 1. The zero-order valence-electron chi connectivity index (χ0n) is 8.63. The second-order valence-electron chi connectivity index (χ2n) is 3.03. The van der Waals surface area contributed by atoms with Crippen LogP contribution in [0.4, 0.5) is 0 Å². The number of hydrogen-bond donors (Lipinski definition) is 1. The number of benzene rings is 1. The average molecular weight is 319 g/mol. The monoisotopic (exact) mass is 319 g/mol. The first-order chi connectivity index (χ1) is 7.27. The molecule has 0 fully saturated rings. The summed E-state index contributed by atoms with van der Waals surface area (Å²) < 4.78 is 6.07. The molecule has 0 aliphatic rings. The highest BCUT2D eigenvalue weighted by molar-refractivity contribution is 14.1. The van der Waals surface area contributed by atoms with E-state index in [1.54, 1.807) is 31.4 Å². The van der Waals surface area contributed by atoms with Crippen LogP contribution in [0, 0.1) is 0 Å². The van der Waals surface area contributed by atoms with E-state index in [4.69, 9.17) is 4.74 Å². The van der Waals surface area contributed by atoms with E-state index < -0.39 is 0 Å². The Morgan fingerprint density at radius 3 is 2.60 bits per heavy atom. The molecule has 0 radical (unpaired) electrons. The van der Waals surface area contributed by atoms with Gasteiger partial charge in [0.25, 0.3) is 5.91 Å². The number of alkyl halides is 1. The number of amides is 1. The molecule has 0 bridgehead atoms. The number of ether oxygens (including phenoxy) is 1. The van der Waals surface area contributed by atoms with Crippen molar-refractivity contribution in [3.8, 4) is 5.75 Å². The lowest BCUT2D eigenvalue weighted by Gasteiger charge is -2.04. The van der Waals surface area contributed by atoms with Crippen LogP contribution in [0.15, 0.2) is 24.3 Å². The molecular weight excluding hydrogens is 305 g/mol. The van der Waals surface area contributed by atoms with Crippen molar-refractivity contribution < 1.29 is 9.53 Å².